The van der Waals surface area contributed by atoms with Gasteiger partial charge in [-0.05, 0) is 24.9 Å². The van der Waals surface area contributed by atoms with Crippen LogP contribution in [0.2, 0.25) is 5.28 Å². The number of aromatic amines is 1. The Morgan fingerprint density at radius 1 is 1.50 bits per heavy atom. The molecule has 0 saturated carbocycles. The number of nitrogens with zero attached hydrogens (tertiary/aromatic N) is 4. The highest BCUT2D eigenvalue weighted by atomic mass is 35.5. The van der Waals surface area contributed by atoms with Gasteiger partial charge in [-0.15, -0.1) is 0 Å². The van der Waals surface area contributed by atoms with Gasteiger partial charge in [0.25, 0.3) is 0 Å². The third-order valence-electron chi connectivity index (χ3n) is 2.65. The fraction of sp³-hybridized carbons (Fsp3) is 0.364. The topological polar surface area (TPSA) is 110 Å². The molecule has 2 aromatic heterocycles. The monoisotopic (exact) mass is 296 g/mol. The second-order valence-corrected chi connectivity index (χ2v) is 4.44. The molecule has 9 heteroatoms. The molecule has 0 aliphatic heterocycles. The van der Waals surface area contributed by atoms with Crippen LogP contribution < -0.4 is 5.32 Å². The van der Waals surface area contributed by atoms with Crippen molar-refractivity contribution in [2.24, 2.45) is 0 Å². The summed E-state index contributed by atoms with van der Waals surface area (Å²) in [4.78, 5) is 25.2. The van der Waals surface area contributed by atoms with Crippen LogP contribution in [0, 0.1) is 17.0 Å². The molecule has 0 aromatic carbocycles. The lowest BCUT2D eigenvalue weighted by Crippen LogP contribution is -2.09. The van der Waals surface area contributed by atoms with Gasteiger partial charge in [-0.3, -0.25) is 10.1 Å². The van der Waals surface area contributed by atoms with Crippen LogP contribution in [0.3, 0.4) is 0 Å². The van der Waals surface area contributed by atoms with Crippen molar-refractivity contribution in [2.75, 3.05) is 11.9 Å². The van der Waals surface area contributed by atoms with E-state index in [9.17, 15) is 10.1 Å². The molecular weight excluding hydrogens is 284 g/mol. The first kappa shape index (κ1) is 14.2. The quantitative estimate of drug-likeness (QED) is 0.366. The van der Waals surface area contributed by atoms with E-state index < -0.39 is 4.92 Å². The Hall–Kier alpha value is -2.22. The Morgan fingerprint density at radius 3 is 2.95 bits per heavy atom. The largest absolute Gasteiger partial charge is 0.364 e. The van der Waals surface area contributed by atoms with Gasteiger partial charge < -0.3 is 10.3 Å². The molecule has 0 aliphatic carbocycles. The summed E-state index contributed by atoms with van der Waals surface area (Å²) in [6.45, 7) is 2.05. The van der Waals surface area contributed by atoms with Gasteiger partial charge in [0.15, 0.2) is 0 Å². The van der Waals surface area contributed by atoms with Gasteiger partial charge in [0.2, 0.25) is 11.1 Å². The second-order valence-electron chi connectivity index (χ2n) is 4.10. The van der Waals surface area contributed by atoms with Crippen LogP contribution in [0.1, 0.15) is 17.9 Å². The first-order chi connectivity index (χ1) is 9.58. The van der Waals surface area contributed by atoms with Crippen LogP contribution in [0.5, 0.6) is 0 Å². The van der Waals surface area contributed by atoms with Gasteiger partial charge >= 0.3 is 5.69 Å². The van der Waals surface area contributed by atoms with Gasteiger partial charge in [0, 0.05) is 25.4 Å². The zero-order valence-corrected chi connectivity index (χ0v) is 11.5. The summed E-state index contributed by atoms with van der Waals surface area (Å²) in [6.07, 6.45) is 4.93. The van der Waals surface area contributed by atoms with Gasteiger partial charge in [0.05, 0.1) is 4.92 Å². The Kier molecular flexibility index (Phi) is 4.46. The first-order valence-electron chi connectivity index (χ1n) is 5.98. The van der Waals surface area contributed by atoms with Crippen LogP contribution >= 0.6 is 11.6 Å². The van der Waals surface area contributed by atoms with Gasteiger partial charge in [-0.1, -0.05) is 0 Å². The summed E-state index contributed by atoms with van der Waals surface area (Å²) in [5, 5.41) is 13.9. The average Bonchev–Trinajstić information content (AvgIpc) is 2.86. The fourth-order valence-corrected chi connectivity index (χ4v) is 1.98. The van der Waals surface area contributed by atoms with E-state index in [0.717, 1.165) is 18.7 Å². The molecule has 2 heterocycles. The Balaban J connectivity index is 1.99. The number of nitro groups is 1. The van der Waals surface area contributed by atoms with Crippen molar-refractivity contribution >= 4 is 23.1 Å². The van der Waals surface area contributed by atoms with E-state index in [2.05, 4.69) is 25.3 Å². The number of aryl methyl sites for hydroxylation is 2. The Labute approximate surface area is 119 Å². The van der Waals surface area contributed by atoms with E-state index in [-0.39, 0.29) is 22.5 Å². The lowest BCUT2D eigenvalue weighted by atomic mass is 10.3. The van der Waals surface area contributed by atoms with Crippen LogP contribution in [0.15, 0.2) is 12.4 Å². The molecule has 2 rings (SSSR count). The summed E-state index contributed by atoms with van der Waals surface area (Å²) >= 11 is 5.72. The first-order valence-corrected chi connectivity index (χ1v) is 6.36. The van der Waals surface area contributed by atoms with E-state index in [4.69, 9.17) is 11.6 Å². The molecule has 0 aliphatic rings. The normalized spacial score (nSPS) is 10.5. The molecule has 0 bridgehead atoms. The number of nitrogens with one attached hydrogen (secondary N) is 2. The van der Waals surface area contributed by atoms with Crippen molar-refractivity contribution in [3.05, 3.63) is 39.3 Å². The van der Waals surface area contributed by atoms with Crippen LogP contribution in [0.4, 0.5) is 11.5 Å². The number of aromatic nitrogens is 4. The zero-order chi connectivity index (χ0) is 14.5. The van der Waals surface area contributed by atoms with E-state index in [1.807, 2.05) is 0 Å². The SMILES string of the molecule is Cc1nc(Cl)nc(NCCCc2ncc[nH]2)c1[N+](=O)[O-]. The van der Waals surface area contributed by atoms with Gasteiger partial charge in [-0.2, -0.15) is 4.98 Å². The van der Waals surface area contributed by atoms with E-state index in [0.29, 0.717) is 6.54 Å². The van der Waals surface area contributed by atoms with E-state index in [1.165, 1.54) is 6.92 Å². The maximum Gasteiger partial charge on any atom is 0.332 e. The minimum absolute atomic E-state index is 0.0124. The summed E-state index contributed by atoms with van der Waals surface area (Å²) in [7, 11) is 0. The van der Waals surface area contributed by atoms with Crippen LogP contribution in [-0.2, 0) is 6.42 Å². The Morgan fingerprint density at radius 2 is 2.30 bits per heavy atom. The summed E-state index contributed by atoms with van der Waals surface area (Å²) in [5.41, 5.74) is 0.0935. The second kappa shape index (κ2) is 6.29. The summed E-state index contributed by atoms with van der Waals surface area (Å²) in [5.74, 6) is 1.02. The Bertz CT molecular complexity index is 601. The third kappa shape index (κ3) is 3.41. The number of H-pyrrole nitrogens is 1. The van der Waals surface area contributed by atoms with Crippen molar-refractivity contribution in [2.45, 2.75) is 19.8 Å². The third-order valence-corrected chi connectivity index (χ3v) is 2.82. The number of hydrogen-bond donors (Lipinski definition) is 2. The maximum atomic E-state index is 11.0. The number of rotatable bonds is 6. The molecule has 0 saturated heterocycles. The highest BCUT2D eigenvalue weighted by Gasteiger charge is 2.21. The van der Waals surface area contributed by atoms with Crippen molar-refractivity contribution in [1.82, 2.24) is 19.9 Å². The number of imidazole rings is 1. The van der Waals surface area contributed by atoms with Crippen molar-refractivity contribution in [1.29, 1.82) is 0 Å². The van der Waals surface area contributed by atoms with E-state index in [1.54, 1.807) is 12.4 Å². The maximum absolute atomic E-state index is 11.0. The molecule has 2 N–H and O–H groups in total. The minimum atomic E-state index is -0.513. The standard InChI is InChI=1S/C11H13ClN6O2/c1-7-9(18(19)20)10(17-11(12)16-7)15-4-2-3-8-13-5-6-14-8/h5-6H,2-4H2,1H3,(H,13,14)(H,15,16,17). The number of anilines is 1. The molecule has 20 heavy (non-hydrogen) atoms. The van der Waals surface area contributed by atoms with Gasteiger partial charge in [0.1, 0.15) is 11.5 Å². The molecule has 0 atom stereocenters. The average molecular weight is 297 g/mol. The molecular formula is C11H13ClN6O2. The van der Waals surface area contributed by atoms with E-state index >= 15 is 0 Å². The molecule has 0 radical (unpaired) electrons. The van der Waals surface area contributed by atoms with Crippen LogP contribution in [-0.4, -0.2) is 31.4 Å². The van der Waals surface area contributed by atoms with Gasteiger partial charge in [-0.25, -0.2) is 9.97 Å². The number of halogens is 1. The highest BCUT2D eigenvalue weighted by molar-refractivity contribution is 6.28. The van der Waals surface area contributed by atoms with Crippen LogP contribution in [0.25, 0.3) is 0 Å². The minimum Gasteiger partial charge on any atom is -0.364 e. The molecule has 8 nitrogen and oxygen atoms in total. The highest BCUT2D eigenvalue weighted by Crippen LogP contribution is 2.26. The lowest BCUT2D eigenvalue weighted by Gasteiger charge is -2.07. The number of hydrogen-bond acceptors (Lipinski definition) is 6. The fourth-order valence-electron chi connectivity index (χ4n) is 1.77. The summed E-state index contributed by atoms with van der Waals surface area (Å²) < 4.78 is 0. The zero-order valence-electron chi connectivity index (χ0n) is 10.8. The molecule has 0 unspecified atom stereocenters. The van der Waals surface area contributed by atoms with Crippen molar-refractivity contribution in [3.8, 4) is 0 Å². The summed E-state index contributed by atoms with van der Waals surface area (Å²) in [6, 6.07) is 0. The molecule has 0 spiro atoms. The molecule has 106 valence electrons. The lowest BCUT2D eigenvalue weighted by molar-refractivity contribution is -0.385. The molecule has 2 aromatic rings. The van der Waals surface area contributed by atoms with Crippen molar-refractivity contribution in [3.63, 3.8) is 0 Å². The predicted molar refractivity (Wildman–Crippen MR) is 73.8 cm³/mol. The van der Waals surface area contributed by atoms with Crippen molar-refractivity contribution < 1.29 is 4.92 Å². The predicted octanol–water partition coefficient (Wildman–Crippen LogP) is 2.11. The smallest absolute Gasteiger partial charge is 0.332 e. The molecule has 0 amide bonds. The molecule has 0 fully saturated rings.